The Labute approximate surface area is 148 Å². The molecule has 0 unspecified atom stereocenters. The number of methoxy groups -OCH3 is 2. The number of benzene rings is 1. The Bertz CT molecular complexity index is 976. The van der Waals surface area contributed by atoms with E-state index in [4.69, 9.17) is 21.1 Å². The van der Waals surface area contributed by atoms with Gasteiger partial charge in [-0.25, -0.2) is 14.4 Å². The van der Waals surface area contributed by atoms with E-state index in [1.807, 2.05) is 0 Å². The summed E-state index contributed by atoms with van der Waals surface area (Å²) in [6, 6.07) is 3.35. The Morgan fingerprint density at radius 3 is 2.52 bits per heavy atom. The molecule has 0 N–H and O–H groups in total. The topological polar surface area (TPSA) is 57.1 Å². The van der Waals surface area contributed by atoms with Gasteiger partial charge in [-0.1, -0.05) is 0 Å². The molecule has 0 saturated heterocycles. The molecule has 1 aromatic carbocycles. The summed E-state index contributed by atoms with van der Waals surface area (Å²) < 4.78 is 25.8. The Kier molecular flexibility index (Phi) is 3.92. The summed E-state index contributed by atoms with van der Waals surface area (Å²) in [5, 5.41) is 0.882. The fourth-order valence-electron chi connectivity index (χ4n) is 3.02. The van der Waals surface area contributed by atoms with Crippen molar-refractivity contribution in [2.75, 3.05) is 14.2 Å². The van der Waals surface area contributed by atoms with E-state index in [0.717, 1.165) is 23.8 Å². The maximum Gasteiger partial charge on any atom is 0.222 e. The van der Waals surface area contributed by atoms with E-state index in [1.165, 1.54) is 7.11 Å². The lowest BCUT2D eigenvalue weighted by Gasteiger charge is -2.17. The third-order valence-electron chi connectivity index (χ3n) is 4.35. The van der Waals surface area contributed by atoms with Crippen molar-refractivity contribution in [2.24, 2.45) is 0 Å². The van der Waals surface area contributed by atoms with Crippen LogP contribution in [0, 0.1) is 5.82 Å². The summed E-state index contributed by atoms with van der Waals surface area (Å²) in [7, 11) is 3.01. The van der Waals surface area contributed by atoms with E-state index in [0.29, 0.717) is 22.5 Å². The van der Waals surface area contributed by atoms with E-state index in [2.05, 4.69) is 15.0 Å². The zero-order valence-electron chi connectivity index (χ0n) is 13.7. The smallest absolute Gasteiger partial charge is 0.222 e. The van der Waals surface area contributed by atoms with Crippen LogP contribution in [0.5, 0.6) is 11.5 Å². The number of fused-ring (bicyclic) bond motifs is 1. The Morgan fingerprint density at radius 1 is 1.08 bits per heavy atom. The standard InChI is InChI=1S/C18H15ClFN3O2/c1-24-13-6-14(25-2)17(20)16(15(13)9-3-4-9)11-5-10-7-22-18(19)23-12(10)8-21-11/h5-9H,3-4H2,1-2H3. The predicted octanol–water partition coefficient (Wildman–Crippen LogP) is 4.38. The normalized spacial score (nSPS) is 13.9. The van der Waals surface area contributed by atoms with Crippen LogP contribution in [-0.4, -0.2) is 29.2 Å². The number of ether oxygens (including phenoxy) is 2. The maximum atomic E-state index is 15.1. The number of aromatic nitrogens is 3. The monoisotopic (exact) mass is 359 g/mol. The SMILES string of the molecule is COc1cc(OC)c(C2CC2)c(-c2cc3cnc(Cl)nc3cn2)c1F. The molecule has 2 aromatic heterocycles. The highest BCUT2D eigenvalue weighted by Crippen LogP contribution is 2.51. The minimum atomic E-state index is -0.438. The summed E-state index contributed by atoms with van der Waals surface area (Å²) >= 11 is 5.81. The molecule has 1 aliphatic rings. The molecular formula is C18H15ClFN3O2. The molecule has 1 aliphatic carbocycles. The van der Waals surface area contributed by atoms with Crippen LogP contribution < -0.4 is 9.47 Å². The van der Waals surface area contributed by atoms with Crippen molar-refractivity contribution >= 4 is 22.5 Å². The van der Waals surface area contributed by atoms with E-state index in [1.54, 1.807) is 31.6 Å². The number of nitrogens with zero attached hydrogens (tertiary/aromatic N) is 3. The lowest BCUT2D eigenvalue weighted by molar-refractivity contribution is 0.372. The molecule has 0 radical (unpaired) electrons. The lowest BCUT2D eigenvalue weighted by atomic mass is 9.97. The number of pyridine rings is 1. The van der Waals surface area contributed by atoms with Crippen molar-refractivity contribution in [2.45, 2.75) is 18.8 Å². The molecule has 1 fully saturated rings. The predicted molar refractivity (Wildman–Crippen MR) is 92.8 cm³/mol. The quantitative estimate of drug-likeness (QED) is 0.647. The third kappa shape index (κ3) is 2.76. The number of hydrogen-bond acceptors (Lipinski definition) is 5. The lowest BCUT2D eigenvalue weighted by Crippen LogP contribution is -2.02. The van der Waals surface area contributed by atoms with Gasteiger partial charge >= 0.3 is 0 Å². The second kappa shape index (κ2) is 6.11. The van der Waals surface area contributed by atoms with Crippen molar-refractivity contribution in [1.29, 1.82) is 0 Å². The molecule has 0 atom stereocenters. The first-order chi connectivity index (χ1) is 12.1. The van der Waals surface area contributed by atoms with Gasteiger partial charge in [0.05, 0.1) is 31.6 Å². The van der Waals surface area contributed by atoms with Gasteiger partial charge in [-0.2, -0.15) is 0 Å². The molecule has 1 saturated carbocycles. The number of halogens is 2. The first-order valence-electron chi connectivity index (χ1n) is 7.85. The fraction of sp³-hybridized carbons (Fsp3) is 0.278. The molecule has 5 nitrogen and oxygen atoms in total. The summed E-state index contributed by atoms with van der Waals surface area (Å²) in [6.45, 7) is 0. The van der Waals surface area contributed by atoms with Gasteiger partial charge in [0.25, 0.3) is 0 Å². The van der Waals surface area contributed by atoms with Gasteiger partial charge in [0, 0.05) is 28.8 Å². The summed E-state index contributed by atoms with van der Waals surface area (Å²) in [4.78, 5) is 12.5. The number of hydrogen-bond donors (Lipinski definition) is 0. The second-order valence-electron chi connectivity index (χ2n) is 5.93. The van der Waals surface area contributed by atoms with Crippen molar-refractivity contribution in [3.63, 3.8) is 0 Å². The Hall–Kier alpha value is -2.47. The van der Waals surface area contributed by atoms with Gasteiger partial charge in [0.2, 0.25) is 5.28 Å². The molecule has 0 aliphatic heterocycles. The van der Waals surface area contributed by atoms with Crippen LogP contribution in [-0.2, 0) is 0 Å². The zero-order chi connectivity index (χ0) is 17.6. The minimum Gasteiger partial charge on any atom is -0.496 e. The van der Waals surface area contributed by atoms with E-state index >= 15 is 4.39 Å². The van der Waals surface area contributed by atoms with Crippen LogP contribution in [0.15, 0.2) is 24.5 Å². The van der Waals surface area contributed by atoms with Crippen molar-refractivity contribution < 1.29 is 13.9 Å². The Morgan fingerprint density at radius 2 is 1.84 bits per heavy atom. The molecule has 3 aromatic rings. The number of rotatable bonds is 4. The van der Waals surface area contributed by atoms with E-state index in [9.17, 15) is 0 Å². The molecule has 0 spiro atoms. The third-order valence-corrected chi connectivity index (χ3v) is 4.53. The molecule has 0 bridgehead atoms. The van der Waals surface area contributed by atoms with Crippen LogP contribution in [0.4, 0.5) is 4.39 Å². The van der Waals surface area contributed by atoms with Crippen LogP contribution in [0.3, 0.4) is 0 Å². The molecule has 7 heteroatoms. The first kappa shape index (κ1) is 16.0. The average Bonchev–Trinajstić information content (AvgIpc) is 3.45. The fourth-order valence-corrected chi connectivity index (χ4v) is 3.16. The van der Waals surface area contributed by atoms with Gasteiger partial charge in [0.1, 0.15) is 5.75 Å². The first-order valence-corrected chi connectivity index (χ1v) is 8.23. The van der Waals surface area contributed by atoms with E-state index < -0.39 is 5.82 Å². The summed E-state index contributed by atoms with van der Waals surface area (Å²) in [5.41, 5.74) is 2.35. The van der Waals surface area contributed by atoms with Crippen LogP contribution in [0.2, 0.25) is 5.28 Å². The van der Waals surface area contributed by atoms with Gasteiger partial charge in [-0.3, -0.25) is 4.98 Å². The highest BCUT2D eigenvalue weighted by atomic mass is 35.5. The second-order valence-corrected chi connectivity index (χ2v) is 6.26. The molecule has 4 rings (SSSR count). The van der Waals surface area contributed by atoms with Crippen molar-refractivity contribution in [3.8, 4) is 22.8 Å². The largest absolute Gasteiger partial charge is 0.496 e. The molecule has 0 amide bonds. The van der Waals surface area contributed by atoms with Crippen molar-refractivity contribution in [3.05, 3.63) is 41.2 Å². The van der Waals surface area contributed by atoms with Gasteiger partial charge in [-0.15, -0.1) is 0 Å². The molecular weight excluding hydrogens is 345 g/mol. The van der Waals surface area contributed by atoms with E-state index in [-0.39, 0.29) is 17.0 Å². The van der Waals surface area contributed by atoms with Crippen molar-refractivity contribution in [1.82, 2.24) is 15.0 Å². The van der Waals surface area contributed by atoms with Gasteiger partial charge in [-0.05, 0) is 36.4 Å². The van der Waals surface area contributed by atoms with Crippen LogP contribution in [0.1, 0.15) is 24.3 Å². The zero-order valence-corrected chi connectivity index (χ0v) is 14.5. The summed E-state index contributed by atoms with van der Waals surface area (Å²) in [5.74, 6) is 0.576. The maximum absolute atomic E-state index is 15.1. The van der Waals surface area contributed by atoms with Crippen LogP contribution in [0.25, 0.3) is 22.2 Å². The average molecular weight is 360 g/mol. The molecule has 25 heavy (non-hydrogen) atoms. The minimum absolute atomic E-state index is 0.130. The van der Waals surface area contributed by atoms with Gasteiger partial charge in [0.15, 0.2) is 11.6 Å². The Balaban J connectivity index is 1.99. The van der Waals surface area contributed by atoms with Crippen LogP contribution >= 0.6 is 11.6 Å². The highest BCUT2D eigenvalue weighted by Gasteiger charge is 2.33. The molecule has 2 heterocycles. The summed E-state index contributed by atoms with van der Waals surface area (Å²) in [6.07, 6.45) is 5.17. The highest BCUT2D eigenvalue weighted by molar-refractivity contribution is 6.28. The van der Waals surface area contributed by atoms with Gasteiger partial charge < -0.3 is 9.47 Å². The molecule has 128 valence electrons.